The third-order valence-electron chi connectivity index (χ3n) is 8.02. The summed E-state index contributed by atoms with van der Waals surface area (Å²) in [6.07, 6.45) is 8.59. The predicted molar refractivity (Wildman–Crippen MR) is 151 cm³/mol. The van der Waals surface area contributed by atoms with Crippen LogP contribution in [0.25, 0.3) is 11.1 Å². The van der Waals surface area contributed by atoms with Crippen LogP contribution in [0.2, 0.25) is 0 Å². The maximum Gasteiger partial charge on any atom is 0.234 e. The van der Waals surface area contributed by atoms with Gasteiger partial charge in [0.1, 0.15) is 5.82 Å². The van der Waals surface area contributed by atoms with Crippen LogP contribution in [0.1, 0.15) is 24.8 Å². The van der Waals surface area contributed by atoms with Crippen molar-refractivity contribution in [2.75, 3.05) is 56.1 Å². The number of rotatable bonds is 1. The van der Waals surface area contributed by atoms with E-state index in [4.69, 9.17) is 9.97 Å². The van der Waals surface area contributed by atoms with E-state index < -0.39 is 0 Å². The molecule has 6 aliphatic rings. The van der Waals surface area contributed by atoms with Crippen LogP contribution in [-0.4, -0.2) is 93.7 Å². The van der Waals surface area contributed by atoms with Crippen molar-refractivity contribution in [2.45, 2.75) is 37.9 Å². The molecule has 0 radical (unpaired) electrons. The van der Waals surface area contributed by atoms with E-state index in [2.05, 4.69) is 42.5 Å². The molecule has 3 N–H and O–H groups in total. The van der Waals surface area contributed by atoms with E-state index in [1.165, 1.54) is 0 Å². The van der Waals surface area contributed by atoms with Gasteiger partial charge in [0.15, 0.2) is 0 Å². The van der Waals surface area contributed by atoms with Crippen LogP contribution < -0.4 is 15.5 Å². The van der Waals surface area contributed by atoms with Crippen LogP contribution in [0.3, 0.4) is 0 Å². The molecule has 204 valence electrons. The predicted octanol–water partition coefficient (Wildman–Crippen LogP) is 2.25. The molecule has 3 aromatic rings. The minimum absolute atomic E-state index is 0.0142. The number of nitrogens with one attached hydrogen (secondary N) is 2. The van der Waals surface area contributed by atoms with Crippen LogP contribution in [0, 0.1) is 0 Å². The smallest absolute Gasteiger partial charge is 0.234 e. The number of pyridine rings is 1. The average molecular weight is 529 g/mol. The monoisotopic (exact) mass is 528 g/mol. The third-order valence-corrected chi connectivity index (χ3v) is 8.02. The third kappa shape index (κ3) is 6.03. The van der Waals surface area contributed by atoms with Gasteiger partial charge in [0.2, 0.25) is 11.9 Å². The van der Waals surface area contributed by atoms with Crippen molar-refractivity contribution in [1.82, 2.24) is 30.1 Å². The molecular weight excluding hydrogens is 492 g/mol. The number of benzene rings is 1. The zero-order valence-electron chi connectivity index (χ0n) is 22.2. The van der Waals surface area contributed by atoms with Crippen molar-refractivity contribution >= 4 is 23.4 Å². The average Bonchev–Trinajstić information content (AvgIpc) is 3.42. The van der Waals surface area contributed by atoms with E-state index in [-0.39, 0.29) is 18.6 Å². The highest BCUT2D eigenvalue weighted by Crippen LogP contribution is 2.27. The van der Waals surface area contributed by atoms with Gasteiger partial charge in [0.25, 0.3) is 0 Å². The Labute approximate surface area is 229 Å². The van der Waals surface area contributed by atoms with Gasteiger partial charge in [-0.1, -0.05) is 12.1 Å². The Bertz CT molecular complexity index is 1290. The molecule has 0 saturated carbocycles. The molecule has 10 heteroatoms. The number of hydrogen-bond donors (Lipinski definition) is 3. The molecule has 1 aromatic carbocycles. The number of nitrogens with zero attached hydrogens (tertiary/aromatic N) is 6. The standard InChI is InChI=1S/C29H36N8O2/c38-20-26-18-35-11-12-36(26)17-21-3-1-4-24(13-21)34-27-14-22(6-8-30-27)23-15-32-29(33-16-23)37-10-2-5-25(37)7-9-31-28(39)19-35/h1,3-4,6,8,13-16,25-26,38H,2,5,7,9-12,17-20H2,(H,30,34)(H,31,39). The maximum atomic E-state index is 12.7. The molecule has 6 aliphatic heterocycles. The molecule has 1 amide bonds. The largest absolute Gasteiger partial charge is 0.395 e. The van der Waals surface area contributed by atoms with Gasteiger partial charge in [-0.2, -0.15) is 0 Å². The first-order chi connectivity index (χ1) is 19.1. The summed E-state index contributed by atoms with van der Waals surface area (Å²) < 4.78 is 0. The number of carbonyl (C=O) groups is 1. The van der Waals surface area contributed by atoms with Crippen molar-refractivity contribution in [3.8, 4) is 11.1 Å². The van der Waals surface area contributed by atoms with Gasteiger partial charge >= 0.3 is 0 Å². The number of hydrogen-bond acceptors (Lipinski definition) is 9. The first-order valence-electron chi connectivity index (χ1n) is 13.9. The van der Waals surface area contributed by atoms with E-state index in [9.17, 15) is 9.90 Å². The molecule has 4 unspecified atom stereocenters. The molecule has 0 aliphatic carbocycles. The maximum absolute atomic E-state index is 12.7. The zero-order chi connectivity index (χ0) is 26.6. The molecule has 10 nitrogen and oxygen atoms in total. The van der Waals surface area contributed by atoms with Gasteiger partial charge in [0.05, 0.1) is 13.2 Å². The molecule has 2 fully saturated rings. The van der Waals surface area contributed by atoms with E-state index in [1.807, 2.05) is 36.7 Å². The highest BCUT2D eigenvalue weighted by molar-refractivity contribution is 5.78. The van der Waals surface area contributed by atoms with Crippen molar-refractivity contribution < 1.29 is 9.90 Å². The minimum Gasteiger partial charge on any atom is -0.395 e. The summed E-state index contributed by atoms with van der Waals surface area (Å²) in [6, 6.07) is 12.6. The van der Waals surface area contributed by atoms with Crippen LogP contribution in [0.15, 0.2) is 55.0 Å². The van der Waals surface area contributed by atoms with Crippen molar-refractivity contribution in [2.24, 2.45) is 0 Å². The fourth-order valence-electron chi connectivity index (χ4n) is 5.95. The lowest BCUT2D eigenvalue weighted by atomic mass is 10.1. The summed E-state index contributed by atoms with van der Waals surface area (Å²) in [6.45, 7) is 4.96. The number of carbonyl (C=O) groups excluding carboxylic acids is 1. The molecule has 8 bridgehead atoms. The van der Waals surface area contributed by atoms with Crippen molar-refractivity contribution in [3.63, 3.8) is 0 Å². The summed E-state index contributed by atoms with van der Waals surface area (Å²) in [7, 11) is 0. The Morgan fingerprint density at radius 1 is 0.974 bits per heavy atom. The lowest BCUT2D eigenvalue weighted by Crippen LogP contribution is -2.55. The molecule has 8 heterocycles. The highest BCUT2D eigenvalue weighted by atomic mass is 16.3. The highest BCUT2D eigenvalue weighted by Gasteiger charge is 2.29. The van der Waals surface area contributed by atoms with Crippen LogP contribution in [0.5, 0.6) is 0 Å². The van der Waals surface area contributed by atoms with E-state index in [1.54, 1.807) is 6.20 Å². The summed E-state index contributed by atoms with van der Waals surface area (Å²) >= 11 is 0. The van der Waals surface area contributed by atoms with Gasteiger partial charge in [0, 0.05) is 81.2 Å². The van der Waals surface area contributed by atoms with Crippen molar-refractivity contribution in [1.29, 1.82) is 0 Å². The number of aliphatic hydroxyl groups excluding tert-OH is 1. The lowest BCUT2D eigenvalue weighted by Gasteiger charge is -2.40. The Morgan fingerprint density at radius 3 is 2.74 bits per heavy atom. The normalized spacial score (nSPS) is 25.6. The summed E-state index contributed by atoms with van der Waals surface area (Å²) in [5, 5.41) is 16.7. The second-order valence-corrected chi connectivity index (χ2v) is 10.7. The van der Waals surface area contributed by atoms with E-state index in [0.29, 0.717) is 25.7 Å². The van der Waals surface area contributed by atoms with Crippen LogP contribution in [0.4, 0.5) is 17.5 Å². The zero-order valence-corrected chi connectivity index (χ0v) is 22.2. The molecule has 9 rings (SSSR count). The lowest BCUT2D eigenvalue weighted by molar-refractivity contribution is -0.123. The number of anilines is 3. The minimum atomic E-state index is -0.0142. The fraction of sp³-hybridized carbons (Fsp3) is 0.448. The SMILES string of the molecule is O=C1CN2CCN(Cc3cccc(c3)Nc3cc(ccn3)-c3cnc(nc3)N3CCCC3CCN1)C(CO)C2. The second-order valence-electron chi connectivity index (χ2n) is 10.7. The van der Waals surface area contributed by atoms with E-state index >= 15 is 0 Å². The Hall–Kier alpha value is -3.60. The van der Waals surface area contributed by atoms with Gasteiger partial charge in [-0.15, -0.1) is 0 Å². The molecule has 4 atom stereocenters. The van der Waals surface area contributed by atoms with Crippen LogP contribution in [-0.2, 0) is 11.3 Å². The number of piperazine rings is 1. The number of aromatic nitrogens is 3. The summed E-state index contributed by atoms with van der Waals surface area (Å²) in [5.74, 6) is 1.53. The van der Waals surface area contributed by atoms with Gasteiger partial charge in [-0.3, -0.25) is 14.6 Å². The van der Waals surface area contributed by atoms with E-state index in [0.717, 1.165) is 79.6 Å². The fourth-order valence-corrected chi connectivity index (χ4v) is 5.95. The topological polar surface area (TPSA) is 110 Å². The summed E-state index contributed by atoms with van der Waals surface area (Å²) in [4.78, 5) is 33.4. The Kier molecular flexibility index (Phi) is 7.67. The molecule has 39 heavy (non-hydrogen) atoms. The first kappa shape index (κ1) is 25.7. The Morgan fingerprint density at radius 2 is 1.87 bits per heavy atom. The summed E-state index contributed by atoms with van der Waals surface area (Å²) in [5.41, 5.74) is 4.05. The van der Waals surface area contributed by atoms with Gasteiger partial charge < -0.3 is 20.6 Å². The van der Waals surface area contributed by atoms with Crippen LogP contribution >= 0.6 is 0 Å². The second kappa shape index (κ2) is 11.6. The van der Waals surface area contributed by atoms with Gasteiger partial charge in [-0.25, -0.2) is 15.0 Å². The Balaban J connectivity index is 1.28. The molecule has 2 saturated heterocycles. The number of amides is 1. The molecule has 2 aromatic heterocycles. The molecule has 0 spiro atoms. The first-order valence-corrected chi connectivity index (χ1v) is 13.9. The molecular formula is C29H36N8O2. The van der Waals surface area contributed by atoms with Crippen molar-refractivity contribution in [3.05, 3.63) is 60.6 Å². The number of aliphatic hydroxyl groups is 1. The quantitative estimate of drug-likeness (QED) is 0.438. The van der Waals surface area contributed by atoms with Gasteiger partial charge in [-0.05, 0) is 54.7 Å².